The van der Waals surface area contributed by atoms with Crippen LogP contribution in [-0.4, -0.2) is 44.4 Å². The van der Waals surface area contributed by atoms with E-state index in [1.54, 1.807) is 6.33 Å². The Morgan fingerprint density at radius 2 is 1.97 bits per heavy atom. The van der Waals surface area contributed by atoms with Gasteiger partial charge in [-0.3, -0.25) is 9.20 Å². The molecule has 0 spiro atoms. The number of nitrogens with one attached hydrogen (secondary N) is 1. The van der Waals surface area contributed by atoms with E-state index in [1.165, 1.54) is 24.1 Å². The lowest BCUT2D eigenvalue weighted by atomic mass is 9.95. The molecule has 0 atom stereocenters. The fraction of sp³-hybridized carbons (Fsp3) is 0.455. The van der Waals surface area contributed by atoms with Gasteiger partial charge in [0.25, 0.3) is 5.91 Å². The Bertz CT molecular complexity index is 1050. The molecule has 1 saturated heterocycles. The van der Waals surface area contributed by atoms with Gasteiger partial charge in [-0.15, -0.1) is 0 Å². The molecule has 0 aromatic carbocycles. The zero-order valence-electron chi connectivity index (χ0n) is 16.8. The van der Waals surface area contributed by atoms with Gasteiger partial charge in [-0.1, -0.05) is 6.07 Å². The molecular formula is C22H26N6O. The Labute approximate surface area is 170 Å². The van der Waals surface area contributed by atoms with E-state index < -0.39 is 0 Å². The fourth-order valence-electron chi connectivity index (χ4n) is 4.65. The number of hydrogen-bond donors (Lipinski definition) is 1. The van der Waals surface area contributed by atoms with Crippen LogP contribution < -0.4 is 10.2 Å². The lowest BCUT2D eigenvalue weighted by Crippen LogP contribution is -2.45. The Morgan fingerprint density at radius 3 is 2.83 bits per heavy atom. The molecule has 0 saturated carbocycles. The van der Waals surface area contributed by atoms with Crippen LogP contribution in [0, 0.1) is 6.92 Å². The molecule has 7 nitrogen and oxygen atoms in total. The van der Waals surface area contributed by atoms with Crippen LogP contribution in [0.2, 0.25) is 0 Å². The molecule has 0 bridgehead atoms. The predicted octanol–water partition coefficient (Wildman–Crippen LogP) is 2.71. The van der Waals surface area contributed by atoms with Gasteiger partial charge in [0.05, 0.1) is 5.69 Å². The maximum atomic E-state index is 12.9. The van der Waals surface area contributed by atoms with Gasteiger partial charge in [0.1, 0.15) is 23.5 Å². The number of anilines is 1. The van der Waals surface area contributed by atoms with Gasteiger partial charge in [0.2, 0.25) is 0 Å². The first-order chi connectivity index (χ1) is 14.2. The first-order valence-electron chi connectivity index (χ1n) is 10.5. The quantitative estimate of drug-likeness (QED) is 0.744. The number of nitrogens with zero attached hydrogens (tertiary/aromatic N) is 5. The third-order valence-electron chi connectivity index (χ3n) is 6.15. The summed E-state index contributed by atoms with van der Waals surface area (Å²) in [5, 5.41) is 3.23. The smallest absolute Gasteiger partial charge is 0.270 e. The topological polar surface area (TPSA) is 75.4 Å². The first kappa shape index (κ1) is 18.1. The number of carbonyl (C=O) groups excluding carboxylic acids is 1. The van der Waals surface area contributed by atoms with Crippen LogP contribution in [0.25, 0.3) is 5.65 Å². The number of imidazole rings is 1. The number of piperidine rings is 1. The van der Waals surface area contributed by atoms with Crippen LogP contribution in [0.1, 0.15) is 53.1 Å². The summed E-state index contributed by atoms with van der Waals surface area (Å²) in [6, 6.07) is 5.95. The summed E-state index contributed by atoms with van der Waals surface area (Å²) in [5.41, 5.74) is 4.76. The zero-order valence-corrected chi connectivity index (χ0v) is 16.8. The highest BCUT2D eigenvalue weighted by Gasteiger charge is 2.26. The Balaban J connectivity index is 1.27. The van der Waals surface area contributed by atoms with Crippen LogP contribution in [-0.2, 0) is 12.8 Å². The van der Waals surface area contributed by atoms with E-state index >= 15 is 0 Å². The summed E-state index contributed by atoms with van der Waals surface area (Å²) in [7, 11) is 0. The average molecular weight is 390 g/mol. The van der Waals surface area contributed by atoms with Crippen molar-refractivity contribution in [2.24, 2.45) is 0 Å². The molecule has 5 rings (SSSR count). The number of carbonyl (C=O) groups is 1. The third kappa shape index (κ3) is 3.34. The maximum Gasteiger partial charge on any atom is 0.270 e. The minimum absolute atomic E-state index is 0.0425. The number of aromatic nitrogens is 4. The zero-order chi connectivity index (χ0) is 19.8. The molecule has 4 heterocycles. The van der Waals surface area contributed by atoms with Crippen molar-refractivity contribution in [1.29, 1.82) is 0 Å². The van der Waals surface area contributed by atoms with E-state index in [0.29, 0.717) is 5.69 Å². The highest BCUT2D eigenvalue weighted by Crippen LogP contribution is 2.29. The van der Waals surface area contributed by atoms with Crippen molar-refractivity contribution in [2.45, 2.75) is 51.5 Å². The van der Waals surface area contributed by atoms with Crippen molar-refractivity contribution in [3.05, 3.63) is 53.4 Å². The first-order valence-corrected chi connectivity index (χ1v) is 10.5. The van der Waals surface area contributed by atoms with E-state index in [9.17, 15) is 4.79 Å². The lowest BCUT2D eigenvalue weighted by molar-refractivity contribution is 0.0924. The van der Waals surface area contributed by atoms with Gasteiger partial charge in [-0.25, -0.2) is 15.0 Å². The van der Waals surface area contributed by atoms with Crippen molar-refractivity contribution in [3.8, 4) is 0 Å². The molecule has 7 heteroatoms. The molecule has 3 aromatic heterocycles. The van der Waals surface area contributed by atoms with Crippen LogP contribution in [0.15, 0.2) is 30.7 Å². The molecule has 1 aliphatic carbocycles. The van der Waals surface area contributed by atoms with Crippen molar-refractivity contribution < 1.29 is 4.79 Å². The number of fused-ring (bicyclic) bond motifs is 2. The van der Waals surface area contributed by atoms with Crippen molar-refractivity contribution in [1.82, 2.24) is 24.7 Å². The van der Waals surface area contributed by atoms with Crippen molar-refractivity contribution in [3.63, 3.8) is 0 Å². The van der Waals surface area contributed by atoms with Crippen LogP contribution in [0.4, 0.5) is 5.82 Å². The second-order valence-corrected chi connectivity index (χ2v) is 8.04. The number of rotatable bonds is 3. The average Bonchev–Trinajstić information content (AvgIpc) is 3.09. The van der Waals surface area contributed by atoms with Gasteiger partial charge in [-0.05, 0) is 57.6 Å². The van der Waals surface area contributed by atoms with E-state index in [4.69, 9.17) is 0 Å². The van der Waals surface area contributed by atoms with Gasteiger partial charge < -0.3 is 10.2 Å². The predicted molar refractivity (Wildman–Crippen MR) is 111 cm³/mol. The lowest BCUT2D eigenvalue weighted by Gasteiger charge is -2.35. The van der Waals surface area contributed by atoms with Gasteiger partial charge in [0.15, 0.2) is 0 Å². The standard InChI is InChI=1S/C22H26N6O/c1-15-20(28-11-5-4-8-19(28)25-15)22(29)26-16-9-12-27(13-10-16)21-17-6-2-3-7-18(17)23-14-24-21/h4-5,8,11,14,16H,2-3,6-7,9-10,12-13H2,1H3,(H,26,29). The van der Waals surface area contributed by atoms with Crippen LogP contribution in [0.5, 0.6) is 0 Å². The molecule has 29 heavy (non-hydrogen) atoms. The largest absolute Gasteiger partial charge is 0.356 e. The monoisotopic (exact) mass is 390 g/mol. The minimum atomic E-state index is -0.0425. The summed E-state index contributed by atoms with van der Waals surface area (Å²) in [4.78, 5) is 28.9. The van der Waals surface area contributed by atoms with Gasteiger partial charge in [-0.2, -0.15) is 0 Å². The second-order valence-electron chi connectivity index (χ2n) is 8.04. The van der Waals surface area contributed by atoms with E-state index in [1.807, 2.05) is 35.7 Å². The summed E-state index contributed by atoms with van der Waals surface area (Å²) in [6.45, 7) is 3.70. The Kier molecular flexibility index (Phi) is 4.66. The summed E-state index contributed by atoms with van der Waals surface area (Å²) in [6.07, 6.45) is 10.0. The van der Waals surface area contributed by atoms with Gasteiger partial charge >= 0.3 is 0 Å². The number of pyridine rings is 1. The van der Waals surface area contributed by atoms with Crippen LogP contribution >= 0.6 is 0 Å². The molecule has 0 radical (unpaired) electrons. The maximum absolute atomic E-state index is 12.9. The Hall–Kier alpha value is -2.96. The number of amides is 1. The number of aryl methyl sites for hydroxylation is 2. The molecule has 1 fully saturated rings. The summed E-state index contributed by atoms with van der Waals surface area (Å²) >= 11 is 0. The fourth-order valence-corrected chi connectivity index (χ4v) is 4.65. The van der Waals surface area contributed by atoms with Gasteiger partial charge in [0, 0.05) is 36.6 Å². The molecule has 1 amide bonds. The normalized spacial score (nSPS) is 17.3. The van der Waals surface area contributed by atoms with E-state index in [2.05, 4.69) is 25.2 Å². The SMILES string of the molecule is Cc1nc2ccccn2c1C(=O)NC1CCN(c2ncnc3c2CCCC3)CC1. The van der Waals surface area contributed by atoms with Crippen molar-refractivity contribution >= 4 is 17.4 Å². The molecule has 0 unspecified atom stereocenters. The molecule has 3 aromatic rings. The third-order valence-corrected chi connectivity index (χ3v) is 6.15. The highest BCUT2D eigenvalue weighted by atomic mass is 16.2. The van der Waals surface area contributed by atoms with E-state index in [-0.39, 0.29) is 11.9 Å². The molecule has 150 valence electrons. The summed E-state index contributed by atoms with van der Waals surface area (Å²) in [5.74, 6) is 1.07. The molecule has 2 aliphatic rings. The minimum Gasteiger partial charge on any atom is -0.356 e. The Morgan fingerprint density at radius 1 is 1.14 bits per heavy atom. The molecule has 1 aliphatic heterocycles. The van der Waals surface area contributed by atoms with E-state index in [0.717, 1.165) is 55.9 Å². The van der Waals surface area contributed by atoms with Crippen LogP contribution in [0.3, 0.4) is 0 Å². The molecule has 1 N–H and O–H groups in total. The summed E-state index contributed by atoms with van der Waals surface area (Å²) < 4.78 is 1.87. The van der Waals surface area contributed by atoms with Crippen molar-refractivity contribution in [2.75, 3.05) is 18.0 Å². The highest BCUT2D eigenvalue weighted by molar-refractivity contribution is 5.94. The number of hydrogen-bond acceptors (Lipinski definition) is 5. The second kappa shape index (κ2) is 7.46. The molecular weight excluding hydrogens is 364 g/mol.